The van der Waals surface area contributed by atoms with E-state index in [1.165, 1.54) is 16.8 Å². The Morgan fingerprint density at radius 1 is 1.10 bits per heavy atom. The van der Waals surface area contributed by atoms with Crippen molar-refractivity contribution in [1.29, 1.82) is 0 Å². The average molecular weight is 524 g/mol. The first-order valence-corrected chi connectivity index (χ1v) is 10.1. The Balaban J connectivity index is 0.00000320. The number of rotatable bonds is 7. The third kappa shape index (κ3) is 6.42. The van der Waals surface area contributed by atoms with E-state index in [9.17, 15) is 0 Å². The number of nitrogens with zero attached hydrogens (tertiary/aromatic N) is 2. The van der Waals surface area contributed by atoms with Gasteiger partial charge in [-0.1, -0.05) is 23.8 Å². The third-order valence-corrected chi connectivity index (χ3v) is 5.31. The molecule has 0 amide bonds. The van der Waals surface area contributed by atoms with Crippen LogP contribution in [0.1, 0.15) is 17.5 Å². The summed E-state index contributed by atoms with van der Waals surface area (Å²) < 4.78 is 10.7. The van der Waals surface area contributed by atoms with Gasteiger partial charge in [0.2, 0.25) is 0 Å². The summed E-state index contributed by atoms with van der Waals surface area (Å²) in [5.41, 5.74) is 3.77. The number of halogens is 1. The van der Waals surface area contributed by atoms with Crippen molar-refractivity contribution >= 4 is 35.6 Å². The molecule has 0 aromatic heterocycles. The fourth-order valence-electron chi connectivity index (χ4n) is 3.62. The van der Waals surface area contributed by atoms with E-state index in [-0.39, 0.29) is 24.0 Å². The number of hydrogen-bond acceptors (Lipinski definition) is 4. The number of aryl methyl sites for hydroxylation is 1. The lowest BCUT2D eigenvalue weighted by Crippen LogP contribution is -2.45. The Morgan fingerprint density at radius 2 is 1.83 bits per heavy atom. The molecule has 1 unspecified atom stereocenters. The quantitative estimate of drug-likeness (QED) is 0.329. The van der Waals surface area contributed by atoms with Crippen LogP contribution < -0.4 is 25.0 Å². The van der Waals surface area contributed by atoms with Crippen molar-refractivity contribution in [3.8, 4) is 11.5 Å². The summed E-state index contributed by atoms with van der Waals surface area (Å²) in [6.07, 6.45) is 1.98. The molecule has 2 N–H and O–H groups in total. The highest BCUT2D eigenvalue weighted by Gasteiger charge is 2.23. The predicted octanol–water partition coefficient (Wildman–Crippen LogP) is 3.62. The molecule has 2 aromatic carbocycles. The van der Waals surface area contributed by atoms with Crippen LogP contribution in [0.5, 0.6) is 11.5 Å². The van der Waals surface area contributed by atoms with Gasteiger partial charge < -0.3 is 25.0 Å². The van der Waals surface area contributed by atoms with Gasteiger partial charge in [-0.05, 0) is 49.6 Å². The second-order valence-corrected chi connectivity index (χ2v) is 7.35. The molecule has 1 fully saturated rings. The second-order valence-electron chi connectivity index (χ2n) is 7.35. The Hall–Kier alpha value is -2.16. The molecule has 0 aliphatic carbocycles. The van der Waals surface area contributed by atoms with Gasteiger partial charge in [-0.15, -0.1) is 24.0 Å². The van der Waals surface area contributed by atoms with Crippen LogP contribution >= 0.6 is 24.0 Å². The minimum absolute atomic E-state index is 0. The van der Waals surface area contributed by atoms with Gasteiger partial charge in [-0.2, -0.15) is 0 Å². The standard InChI is InChI=1S/C23H32N4O2.HI/c1-17-5-8-20(9-6-17)27-14-12-19(16-27)26-23(24-2)25-13-11-18-7-10-21(28-3)22(15-18)29-4;/h5-10,15,19H,11-14,16H2,1-4H3,(H2,24,25,26);1H. The maximum absolute atomic E-state index is 5.38. The smallest absolute Gasteiger partial charge is 0.191 e. The molecule has 0 spiro atoms. The van der Waals surface area contributed by atoms with Crippen molar-refractivity contribution in [2.24, 2.45) is 4.99 Å². The monoisotopic (exact) mass is 524 g/mol. The van der Waals surface area contributed by atoms with E-state index in [0.717, 1.165) is 49.9 Å². The molecule has 1 heterocycles. The summed E-state index contributed by atoms with van der Waals surface area (Å²) in [6.45, 7) is 4.96. The minimum atomic E-state index is 0. The first-order valence-electron chi connectivity index (χ1n) is 10.1. The summed E-state index contributed by atoms with van der Waals surface area (Å²) in [5, 5.41) is 6.98. The van der Waals surface area contributed by atoms with Crippen LogP contribution in [0.2, 0.25) is 0 Å². The SMILES string of the molecule is CN=C(NCCc1ccc(OC)c(OC)c1)NC1CCN(c2ccc(C)cc2)C1.I. The van der Waals surface area contributed by atoms with Crippen molar-refractivity contribution in [2.75, 3.05) is 45.8 Å². The number of ether oxygens (including phenoxy) is 2. The molecule has 0 bridgehead atoms. The topological polar surface area (TPSA) is 58.1 Å². The number of aliphatic imine (C=N–C) groups is 1. The van der Waals surface area contributed by atoms with Gasteiger partial charge in [0.05, 0.1) is 14.2 Å². The van der Waals surface area contributed by atoms with Crippen LogP contribution in [0.3, 0.4) is 0 Å². The largest absolute Gasteiger partial charge is 0.493 e. The van der Waals surface area contributed by atoms with E-state index >= 15 is 0 Å². The van der Waals surface area contributed by atoms with Crippen LogP contribution in [0.4, 0.5) is 5.69 Å². The summed E-state index contributed by atoms with van der Waals surface area (Å²) in [7, 11) is 5.13. The van der Waals surface area contributed by atoms with Crippen LogP contribution in [-0.2, 0) is 6.42 Å². The van der Waals surface area contributed by atoms with Crippen molar-refractivity contribution in [3.05, 3.63) is 53.6 Å². The number of guanidine groups is 1. The zero-order chi connectivity index (χ0) is 20.6. The fourth-order valence-corrected chi connectivity index (χ4v) is 3.62. The normalized spacial score (nSPS) is 16.1. The van der Waals surface area contributed by atoms with Crippen molar-refractivity contribution < 1.29 is 9.47 Å². The van der Waals surface area contributed by atoms with Crippen LogP contribution in [-0.4, -0.2) is 52.9 Å². The van der Waals surface area contributed by atoms with Crippen LogP contribution in [0.15, 0.2) is 47.5 Å². The maximum atomic E-state index is 5.38. The van der Waals surface area contributed by atoms with Crippen molar-refractivity contribution in [2.45, 2.75) is 25.8 Å². The van der Waals surface area contributed by atoms with Crippen molar-refractivity contribution in [1.82, 2.24) is 10.6 Å². The molecule has 7 heteroatoms. The highest BCUT2D eigenvalue weighted by Crippen LogP contribution is 2.27. The highest BCUT2D eigenvalue weighted by atomic mass is 127. The van der Waals surface area contributed by atoms with E-state index in [4.69, 9.17) is 9.47 Å². The lowest BCUT2D eigenvalue weighted by molar-refractivity contribution is 0.354. The molecule has 0 radical (unpaired) electrons. The Kier molecular flexibility index (Phi) is 9.55. The zero-order valence-corrected chi connectivity index (χ0v) is 20.6. The summed E-state index contributed by atoms with van der Waals surface area (Å²) in [6, 6.07) is 15.2. The highest BCUT2D eigenvalue weighted by molar-refractivity contribution is 14.0. The van der Waals surface area contributed by atoms with Gasteiger partial charge in [0.25, 0.3) is 0 Å². The number of benzene rings is 2. The van der Waals surface area contributed by atoms with E-state index in [1.807, 2.05) is 19.2 Å². The van der Waals surface area contributed by atoms with Gasteiger partial charge in [0.15, 0.2) is 17.5 Å². The summed E-state index contributed by atoms with van der Waals surface area (Å²) in [4.78, 5) is 6.81. The lowest BCUT2D eigenvalue weighted by atomic mass is 10.1. The van der Waals surface area contributed by atoms with Crippen LogP contribution in [0.25, 0.3) is 0 Å². The molecule has 1 aliphatic rings. The average Bonchev–Trinajstić information content (AvgIpc) is 3.21. The number of nitrogens with one attached hydrogen (secondary N) is 2. The number of anilines is 1. The number of methoxy groups -OCH3 is 2. The molecule has 3 rings (SSSR count). The van der Waals surface area contributed by atoms with Gasteiger partial charge in [-0.25, -0.2) is 0 Å². The molecule has 1 aliphatic heterocycles. The van der Waals surface area contributed by atoms with Crippen molar-refractivity contribution in [3.63, 3.8) is 0 Å². The second kappa shape index (κ2) is 11.9. The van der Waals surface area contributed by atoms with Gasteiger partial charge in [-0.3, -0.25) is 4.99 Å². The molecule has 30 heavy (non-hydrogen) atoms. The zero-order valence-electron chi connectivity index (χ0n) is 18.3. The van der Waals surface area contributed by atoms with Gasteiger partial charge in [0, 0.05) is 38.4 Å². The molecular weight excluding hydrogens is 491 g/mol. The summed E-state index contributed by atoms with van der Waals surface area (Å²) in [5.74, 6) is 2.36. The van der Waals surface area contributed by atoms with E-state index in [2.05, 4.69) is 57.8 Å². The fraction of sp³-hybridized carbons (Fsp3) is 0.435. The van der Waals surface area contributed by atoms with Gasteiger partial charge in [0.1, 0.15) is 0 Å². The van der Waals surface area contributed by atoms with E-state index in [0.29, 0.717) is 6.04 Å². The lowest BCUT2D eigenvalue weighted by Gasteiger charge is -2.20. The predicted molar refractivity (Wildman–Crippen MR) is 135 cm³/mol. The molecule has 0 saturated carbocycles. The third-order valence-electron chi connectivity index (χ3n) is 5.31. The Morgan fingerprint density at radius 3 is 2.50 bits per heavy atom. The molecule has 1 atom stereocenters. The molecule has 1 saturated heterocycles. The number of hydrogen-bond donors (Lipinski definition) is 2. The Labute approximate surface area is 197 Å². The molecule has 2 aromatic rings. The summed E-state index contributed by atoms with van der Waals surface area (Å²) >= 11 is 0. The maximum Gasteiger partial charge on any atom is 0.191 e. The van der Waals surface area contributed by atoms with E-state index in [1.54, 1.807) is 14.2 Å². The molecule has 164 valence electrons. The molecular formula is C23H33IN4O2. The molecule has 6 nitrogen and oxygen atoms in total. The van der Waals surface area contributed by atoms with E-state index < -0.39 is 0 Å². The first-order chi connectivity index (χ1) is 14.1. The first kappa shape index (κ1) is 24.1. The Bertz CT molecular complexity index is 826. The minimum Gasteiger partial charge on any atom is -0.493 e. The van der Waals surface area contributed by atoms with Crippen LogP contribution in [0, 0.1) is 6.92 Å². The van der Waals surface area contributed by atoms with Gasteiger partial charge >= 0.3 is 0 Å².